The van der Waals surface area contributed by atoms with E-state index in [1.807, 2.05) is 4.90 Å². The predicted molar refractivity (Wildman–Crippen MR) is 127 cm³/mol. The summed E-state index contributed by atoms with van der Waals surface area (Å²) >= 11 is 0. The van der Waals surface area contributed by atoms with Crippen molar-refractivity contribution < 1.29 is 31.9 Å². The lowest BCUT2D eigenvalue weighted by Gasteiger charge is -2.35. The molecule has 0 bridgehead atoms. The minimum absolute atomic E-state index is 0.0109. The monoisotopic (exact) mass is 498 g/mol. The van der Waals surface area contributed by atoms with Crippen molar-refractivity contribution in [1.82, 2.24) is 4.31 Å². The van der Waals surface area contributed by atoms with Crippen molar-refractivity contribution in [2.45, 2.75) is 4.90 Å². The highest BCUT2D eigenvalue weighted by molar-refractivity contribution is 7.89. The Bertz CT molecular complexity index is 1320. The lowest BCUT2D eigenvalue weighted by Crippen LogP contribution is -2.48. The Morgan fingerprint density at radius 2 is 1.49 bits per heavy atom. The molecule has 0 atom stereocenters. The Morgan fingerprint density at radius 1 is 0.829 bits per heavy atom. The van der Waals surface area contributed by atoms with E-state index in [9.17, 15) is 22.4 Å². The van der Waals surface area contributed by atoms with E-state index in [1.54, 1.807) is 12.1 Å². The van der Waals surface area contributed by atoms with Crippen molar-refractivity contribution in [3.63, 3.8) is 0 Å². The van der Waals surface area contributed by atoms with Crippen LogP contribution in [0.25, 0.3) is 0 Å². The Balaban J connectivity index is 1.43. The highest BCUT2D eigenvalue weighted by Gasteiger charge is 2.29. The summed E-state index contributed by atoms with van der Waals surface area (Å²) in [6.07, 6.45) is 0. The smallest absolute Gasteiger partial charge is 0.343 e. The van der Waals surface area contributed by atoms with Gasteiger partial charge in [0.05, 0.1) is 23.1 Å². The molecule has 3 aromatic rings. The van der Waals surface area contributed by atoms with Crippen LogP contribution in [0.3, 0.4) is 0 Å². The molecule has 0 N–H and O–H groups in total. The Kier molecular flexibility index (Phi) is 7.13. The van der Waals surface area contributed by atoms with Crippen LogP contribution in [-0.4, -0.2) is 58.0 Å². The van der Waals surface area contributed by atoms with Gasteiger partial charge < -0.3 is 14.4 Å². The molecule has 1 heterocycles. The minimum Gasteiger partial charge on any atom is -0.465 e. The number of carbonyl (C=O) groups is 2. The second-order valence-electron chi connectivity index (χ2n) is 7.80. The number of rotatable bonds is 6. The zero-order valence-electron chi connectivity index (χ0n) is 18.9. The van der Waals surface area contributed by atoms with Crippen LogP contribution in [0, 0.1) is 5.82 Å². The number of anilines is 1. The minimum atomic E-state index is -3.83. The molecule has 0 saturated carbocycles. The first-order valence-electron chi connectivity index (χ1n) is 10.8. The van der Waals surface area contributed by atoms with Gasteiger partial charge in [0.15, 0.2) is 0 Å². The number of carbonyl (C=O) groups excluding carboxylic acids is 2. The molecule has 0 radical (unpaired) electrons. The van der Waals surface area contributed by atoms with E-state index in [2.05, 4.69) is 4.74 Å². The molecule has 1 saturated heterocycles. The number of sulfonamides is 1. The summed E-state index contributed by atoms with van der Waals surface area (Å²) in [6, 6.07) is 17.6. The summed E-state index contributed by atoms with van der Waals surface area (Å²) in [5.41, 5.74) is 1.21. The van der Waals surface area contributed by atoms with Gasteiger partial charge in [-0.1, -0.05) is 6.07 Å². The Labute approximate surface area is 202 Å². The van der Waals surface area contributed by atoms with Crippen LogP contribution in [0.2, 0.25) is 0 Å². The van der Waals surface area contributed by atoms with Gasteiger partial charge in [-0.25, -0.2) is 22.4 Å². The average molecular weight is 499 g/mol. The van der Waals surface area contributed by atoms with E-state index in [0.29, 0.717) is 18.7 Å². The number of methoxy groups -OCH3 is 1. The lowest BCUT2D eigenvalue weighted by molar-refractivity contribution is 0.0600. The van der Waals surface area contributed by atoms with Gasteiger partial charge in [-0.2, -0.15) is 4.31 Å². The van der Waals surface area contributed by atoms with E-state index in [4.69, 9.17) is 4.74 Å². The molecule has 1 fully saturated rings. The van der Waals surface area contributed by atoms with E-state index in [-0.39, 0.29) is 35.1 Å². The fourth-order valence-electron chi connectivity index (χ4n) is 3.71. The van der Waals surface area contributed by atoms with Crippen molar-refractivity contribution in [3.8, 4) is 5.75 Å². The maximum atomic E-state index is 13.2. The molecule has 1 aliphatic rings. The maximum Gasteiger partial charge on any atom is 0.343 e. The first kappa shape index (κ1) is 24.4. The van der Waals surface area contributed by atoms with Gasteiger partial charge in [-0.15, -0.1) is 0 Å². The average Bonchev–Trinajstić information content (AvgIpc) is 2.89. The van der Waals surface area contributed by atoms with Crippen molar-refractivity contribution in [2.24, 2.45) is 0 Å². The second-order valence-corrected chi connectivity index (χ2v) is 9.74. The van der Waals surface area contributed by atoms with E-state index in [1.165, 1.54) is 72.1 Å². The largest absolute Gasteiger partial charge is 0.465 e. The van der Waals surface area contributed by atoms with Crippen LogP contribution in [-0.2, 0) is 14.8 Å². The van der Waals surface area contributed by atoms with Gasteiger partial charge in [-0.3, -0.25) is 0 Å². The lowest BCUT2D eigenvalue weighted by atomic mass is 10.2. The van der Waals surface area contributed by atoms with Gasteiger partial charge in [0, 0.05) is 31.9 Å². The summed E-state index contributed by atoms with van der Waals surface area (Å²) in [4.78, 5) is 26.1. The number of esters is 2. The fourth-order valence-corrected chi connectivity index (χ4v) is 5.18. The van der Waals surface area contributed by atoms with Gasteiger partial charge in [0.25, 0.3) is 0 Å². The third kappa shape index (κ3) is 5.50. The third-order valence-electron chi connectivity index (χ3n) is 5.62. The number of benzene rings is 3. The highest BCUT2D eigenvalue weighted by Crippen LogP contribution is 2.23. The third-order valence-corrected chi connectivity index (χ3v) is 7.52. The molecule has 10 heteroatoms. The SMILES string of the molecule is COC(=O)c1ccc(OC(=O)c2cccc(S(=O)(=O)N3CCN(c4ccc(F)cc4)CC3)c2)cc1. The van der Waals surface area contributed by atoms with Crippen LogP contribution in [0.15, 0.2) is 77.7 Å². The van der Waals surface area contributed by atoms with E-state index in [0.717, 1.165) is 5.69 Å². The summed E-state index contributed by atoms with van der Waals surface area (Å²) in [5, 5.41) is 0. The molecule has 0 unspecified atom stereocenters. The number of nitrogens with zero attached hydrogens (tertiary/aromatic N) is 2. The van der Waals surface area contributed by atoms with Gasteiger partial charge in [0.1, 0.15) is 11.6 Å². The van der Waals surface area contributed by atoms with Crippen molar-refractivity contribution in [3.05, 3.63) is 89.7 Å². The van der Waals surface area contributed by atoms with E-state index >= 15 is 0 Å². The molecular weight excluding hydrogens is 475 g/mol. The molecular formula is C25H23FN2O6S. The molecule has 4 rings (SSSR count). The number of hydrogen-bond acceptors (Lipinski definition) is 7. The number of piperazine rings is 1. The van der Waals surface area contributed by atoms with E-state index < -0.39 is 22.0 Å². The fraction of sp³-hybridized carbons (Fsp3) is 0.200. The molecule has 8 nitrogen and oxygen atoms in total. The van der Waals surface area contributed by atoms with Crippen LogP contribution in [0.4, 0.5) is 10.1 Å². The van der Waals surface area contributed by atoms with Crippen molar-refractivity contribution in [2.75, 3.05) is 38.2 Å². The van der Waals surface area contributed by atoms with Crippen LogP contribution < -0.4 is 9.64 Å². The molecule has 3 aromatic carbocycles. The molecule has 0 spiro atoms. The highest BCUT2D eigenvalue weighted by atomic mass is 32.2. The standard InChI is InChI=1S/C25H23FN2O6S/c1-33-24(29)18-5-11-22(12-6-18)34-25(30)19-3-2-4-23(17-19)35(31,32)28-15-13-27(14-16-28)21-9-7-20(26)8-10-21/h2-12,17H,13-16H2,1H3. The zero-order chi connectivity index (χ0) is 25.0. The molecule has 0 amide bonds. The number of halogens is 1. The maximum absolute atomic E-state index is 13.2. The van der Waals surface area contributed by atoms with Crippen molar-refractivity contribution in [1.29, 1.82) is 0 Å². The molecule has 1 aliphatic heterocycles. The first-order chi connectivity index (χ1) is 16.8. The molecule has 35 heavy (non-hydrogen) atoms. The van der Waals surface area contributed by atoms with Crippen molar-refractivity contribution >= 4 is 27.6 Å². The Morgan fingerprint density at radius 3 is 2.11 bits per heavy atom. The number of hydrogen-bond donors (Lipinski definition) is 0. The van der Waals surface area contributed by atoms with Gasteiger partial charge in [-0.05, 0) is 66.7 Å². The summed E-state index contributed by atoms with van der Waals surface area (Å²) < 4.78 is 50.9. The summed E-state index contributed by atoms with van der Waals surface area (Å²) in [6.45, 7) is 1.41. The quantitative estimate of drug-likeness (QED) is 0.380. The first-order valence-corrected chi connectivity index (χ1v) is 12.2. The van der Waals surface area contributed by atoms with Gasteiger partial charge >= 0.3 is 11.9 Å². The summed E-state index contributed by atoms with van der Waals surface area (Å²) in [5.74, 6) is -1.37. The molecule has 0 aromatic heterocycles. The molecule has 182 valence electrons. The van der Waals surface area contributed by atoms with Crippen LogP contribution in [0.5, 0.6) is 5.75 Å². The number of ether oxygens (including phenoxy) is 2. The molecule has 0 aliphatic carbocycles. The second kappa shape index (κ2) is 10.2. The zero-order valence-corrected chi connectivity index (χ0v) is 19.7. The predicted octanol–water partition coefficient (Wildman–Crippen LogP) is 3.34. The topological polar surface area (TPSA) is 93.2 Å². The van der Waals surface area contributed by atoms with Crippen LogP contribution >= 0.6 is 0 Å². The summed E-state index contributed by atoms with van der Waals surface area (Å²) in [7, 11) is -2.57. The Hall–Kier alpha value is -3.76. The normalized spacial score (nSPS) is 14.4. The van der Waals surface area contributed by atoms with Crippen LogP contribution in [0.1, 0.15) is 20.7 Å². The van der Waals surface area contributed by atoms with Gasteiger partial charge in [0.2, 0.25) is 10.0 Å².